The molecule has 0 aliphatic carbocycles. The summed E-state index contributed by atoms with van der Waals surface area (Å²) in [6.45, 7) is 3.96. The van der Waals surface area contributed by atoms with Gasteiger partial charge in [-0.2, -0.15) is 60.7 Å². The fourth-order valence-corrected chi connectivity index (χ4v) is 7.13. The monoisotopic (exact) mass is 1300 g/mol. The summed E-state index contributed by atoms with van der Waals surface area (Å²) in [5, 5.41) is 8.42. The van der Waals surface area contributed by atoms with Gasteiger partial charge in [0.1, 0.15) is 23.3 Å². The van der Waals surface area contributed by atoms with Gasteiger partial charge in [-0.3, -0.25) is 0 Å². The number of aliphatic imine (C=N–C) groups is 2. The van der Waals surface area contributed by atoms with Gasteiger partial charge in [0.2, 0.25) is 0 Å². The standard InChI is InChI=1S/2C16H12N4.2C13H11N2.2Pt/c2*1-19-11-20(12-7-3-2-4-8-12)16-15(19)17-13-9-5-6-10-14(13)18-16;2*1-3-7-12(8-4-1)14-11-15-13-9-5-2-6-10-13;;/h2*2-7,9-11H,1H3;2*1-11H;;/q2*-2;2*-1;;. The Morgan fingerprint density at radius 3 is 1.03 bits per heavy atom. The summed E-state index contributed by atoms with van der Waals surface area (Å²) in [6.07, 6.45) is 3.15. The molecule has 0 saturated heterocycles. The van der Waals surface area contributed by atoms with Crippen molar-refractivity contribution in [1.82, 2.24) is 19.9 Å². The fourth-order valence-electron chi connectivity index (χ4n) is 7.13. The average Bonchev–Trinajstić information content (AvgIpc) is 3.93. The molecule has 0 saturated carbocycles. The molecule has 0 radical (unpaired) electrons. The number of fused-ring (bicyclic) bond motifs is 4. The van der Waals surface area contributed by atoms with E-state index in [1.807, 2.05) is 265 Å². The van der Waals surface area contributed by atoms with E-state index in [2.05, 4.69) is 42.7 Å². The van der Waals surface area contributed by atoms with Gasteiger partial charge in [0.05, 0.1) is 22.1 Å². The van der Waals surface area contributed by atoms with Gasteiger partial charge in [-0.15, -0.1) is 24.7 Å². The van der Waals surface area contributed by atoms with Crippen LogP contribution < -0.4 is 19.6 Å². The van der Waals surface area contributed by atoms with Crippen LogP contribution in [-0.4, -0.2) is 46.7 Å². The minimum atomic E-state index is 0. The van der Waals surface area contributed by atoms with Crippen LogP contribution in [-0.2, 0) is 42.1 Å². The molecule has 10 aromatic rings. The van der Waals surface area contributed by atoms with E-state index in [4.69, 9.17) is 9.97 Å². The first-order valence-electron chi connectivity index (χ1n) is 22.4. The summed E-state index contributed by atoms with van der Waals surface area (Å²) in [5.74, 6) is 3.41. The molecule has 0 amide bonds. The van der Waals surface area contributed by atoms with Crippen molar-refractivity contribution >= 4 is 92.1 Å². The number of aromatic nitrogens is 4. The van der Waals surface area contributed by atoms with Crippen LogP contribution in [0.1, 0.15) is 0 Å². The van der Waals surface area contributed by atoms with Crippen molar-refractivity contribution in [2.24, 2.45) is 9.98 Å². The summed E-state index contributed by atoms with van der Waals surface area (Å²) in [7, 11) is 3.95. The molecule has 72 heavy (non-hydrogen) atoms. The Balaban J connectivity index is 0.000000141. The van der Waals surface area contributed by atoms with Crippen LogP contribution in [0.5, 0.6) is 0 Å². The minimum Gasteiger partial charge on any atom is -0.487 e. The van der Waals surface area contributed by atoms with Crippen molar-refractivity contribution in [3.8, 4) is 0 Å². The first-order chi connectivity index (χ1) is 34.6. The molecule has 2 aliphatic rings. The average molecular weight is 1300 g/mol. The zero-order valence-corrected chi connectivity index (χ0v) is 43.6. The van der Waals surface area contributed by atoms with Gasteiger partial charge in [0.15, 0.2) is 0 Å². The maximum absolute atomic E-state index is 4.73. The molecular weight excluding hydrogens is 1250 g/mol. The minimum absolute atomic E-state index is 0. The third-order valence-corrected chi connectivity index (χ3v) is 10.5. The number of benzene rings is 8. The molecule has 2 aromatic heterocycles. The first kappa shape index (κ1) is 51.8. The number of para-hydroxylation sites is 10. The van der Waals surface area contributed by atoms with Crippen molar-refractivity contribution in [2.45, 2.75) is 0 Å². The zero-order chi connectivity index (χ0) is 47.7. The van der Waals surface area contributed by atoms with Crippen LogP contribution in [0.15, 0.2) is 228 Å². The van der Waals surface area contributed by atoms with Crippen LogP contribution in [0, 0.1) is 25.5 Å². The molecule has 364 valence electrons. The smallest absolute Gasteiger partial charge is 0.144 e. The van der Waals surface area contributed by atoms with E-state index in [1.54, 1.807) is 12.7 Å². The van der Waals surface area contributed by atoms with E-state index in [0.29, 0.717) is 0 Å². The molecule has 0 fully saturated rings. The van der Waals surface area contributed by atoms with E-state index in [9.17, 15) is 0 Å². The number of rotatable bonds is 8. The van der Waals surface area contributed by atoms with Crippen molar-refractivity contribution in [3.63, 3.8) is 0 Å². The van der Waals surface area contributed by atoms with Crippen LogP contribution in [0.25, 0.3) is 32.7 Å². The SMILES string of the molecule is C(=Nc1ccccc1)[N-]c1ccccc1.C(=Nc1ccccc1)[N-]c1ccccc1.CN1[CH-]N(c2[c-]cccc2)c2nc3ccccc3nc21.CN1[CH-]N(c2[c-]cccc2)c2nc3ccccc3nc21.[Pt].[Pt]. The van der Waals surface area contributed by atoms with Crippen molar-refractivity contribution < 1.29 is 42.1 Å². The largest absolute Gasteiger partial charge is 0.487 e. The summed E-state index contributed by atoms with van der Waals surface area (Å²) in [5.41, 5.74) is 9.19. The first-order valence-corrected chi connectivity index (χ1v) is 22.4. The normalized spacial score (nSPS) is 12.0. The molecule has 12 nitrogen and oxygen atoms in total. The fraction of sp³-hybridized carbons (Fsp3) is 0.0345. The second-order valence-corrected chi connectivity index (χ2v) is 15.5. The Morgan fingerprint density at radius 2 is 0.694 bits per heavy atom. The Kier molecular flexibility index (Phi) is 18.9. The maximum atomic E-state index is 4.73. The number of hydrogen-bond acceptors (Lipinski definition) is 10. The molecule has 8 aromatic carbocycles. The van der Waals surface area contributed by atoms with E-state index in [0.717, 1.165) is 79.5 Å². The van der Waals surface area contributed by atoms with Crippen molar-refractivity contribution in [1.29, 1.82) is 0 Å². The molecule has 0 bridgehead atoms. The molecule has 4 heterocycles. The van der Waals surface area contributed by atoms with Crippen LogP contribution >= 0.6 is 0 Å². The van der Waals surface area contributed by atoms with Crippen LogP contribution in [0.4, 0.5) is 57.4 Å². The molecule has 14 heteroatoms. The Labute approximate surface area is 449 Å². The van der Waals surface area contributed by atoms with E-state index >= 15 is 0 Å². The Morgan fingerprint density at radius 1 is 0.389 bits per heavy atom. The molecule has 0 spiro atoms. The predicted octanol–water partition coefficient (Wildman–Crippen LogP) is 14.4. The Hall–Kier alpha value is -8.04. The van der Waals surface area contributed by atoms with Gasteiger partial charge in [-0.1, -0.05) is 158 Å². The second-order valence-electron chi connectivity index (χ2n) is 15.5. The molecule has 12 rings (SSSR count). The molecule has 2 aliphatic heterocycles. The number of hydrogen-bond donors (Lipinski definition) is 0. The summed E-state index contributed by atoms with van der Waals surface area (Å²) in [6, 6.07) is 77.0. The third-order valence-electron chi connectivity index (χ3n) is 10.5. The number of nitrogens with zero attached hydrogens (tertiary/aromatic N) is 12. The van der Waals surface area contributed by atoms with Crippen LogP contribution in [0.2, 0.25) is 0 Å². The van der Waals surface area contributed by atoms with Crippen molar-refractivity contribution in [3.05, 3.63) is 254 Å². The van der Waals surface area contributed by atoms with Crippen LogP contribution in [0.3, 0.4) is 0 Å². The predicted molar refractivity (Wildman–Crippen MR) is 287 cm³/mol. The van der Waals surface area contributed by atoms with Crippen molar-refractivity contribution in [2.75, 3.05) is 33.7 Å². The van der Waals surface area contributed by atoms with Gasteiger partial charge in [0.25, 0.3) is 0 Å². The number of anilines is 6. The van der Waals surface area contributed by atoms with Gasteiger partial charge in [-0.05, 0) is 61.1 Å². The second kappa shape index (κ2) is 26.2. The van der Waals surface area contributed by atoms with E-state index in [-0.39, 0.29) is 42.1 Å². The summed E-state index contributed by atoms with van der Waals surface area (Å²) in [4.78, 5) is 35.2. The summed E-state index contributed by atoms with van der Waals surface area (Å²) >= 11 is 0. The zero-order valence-electron chi connectivity index (χ0n) is 39.1. The molecule has 0 atom stereocenters. The Bertz CT molecular complexity index is 3050. The van der Waals surface area contributed by atoms with E-state index < -0.39 is 0 Å². The summed E-state index contributed by atoms with van der Waals surface area (Å²) < 4.78 is 0. The quantitative estimate of drug-likeness (QED) is 0.0839. The van der Waals surface area contributed by atoms with Gasteiger partial charge in [0, 0.05) is 42.1 Å². The molecule has 0 N–H and O–H groups in total. The van der Waals surface area contributed by atoms with E-state index in [1.165, 1.54) is 0 Å². The third kappa shape index (κ3) is 13.6. The van der Waals surface area contributed by atoms with Gasteiger partial charge in [-0.25, -0.2) is 19.9 Å². The molecular formula is C58H46N12Pt2-6. The maximum Gasteiger partial charge on any atom is 0.144 e. The van der Waals surface area contributed by atoms with Gasteiger partial charge >= 0.3 is 0 Å². The molecule has 0 unspecified atom stereocenters. The van der Waals surface area contributed by atoms with Gasteiger partial charge < -0.3 is 40.2 Å². The topological polar surface area (TPSA) is 117 Å².